The molecule has 1 amide bonds. The highest BCUT2D eigenvalue weighted by Gasteiger charge is 1.99. The molecule has 0 saturated heterocycles. The molecule has 1 aromatic rings. The van der Waals surface area contributed by atoms with Crippen LogP contribution < -0.4 is 5.32 Å². The topological polar surface area (TPSA) is 32.3 Å². The van der Waals surface area contributed by atoms with Crippen LogP contribution in [0.4, 0.5) is 0 Å². The minimum absolute atomic E-state index is 0.0184. The van der Waals surface area contributed by atoms with Crippen molar-refractivity contribution in [3.8, 4) is 0 Å². The molecule has 1 rings (SSSR count). The Morgan fingerprint density at radius 1 is 1.28 bits per heavy atom. The van der Waals surface area contributed by atoms with Gasteiger partial charge in [-0.1, -0.05) is 30.3 Å². The van der Waals surface area contributed by atoms with Gasteiger partial charge in [-0.05, 0) is 45.1 Å². The first kappa shape index (κ1) is 14.5. The van der Waals surface area contributed by atoms with Gasteiger partial charge >= 0.3 is 0 Å². The zero-order chi connectivity index (χ0) is 13.4. The second kappa shape index (κ2) is 7.67. The fraction of sp³-hybridized carbons (Fsp3) is 0.400. The second-order valence-corrected chi connectivity index (χ2v) is 4.64. The van der Waals surface area contributed by atoms with Crippen LogP contribution in [-0.2, 0) is 4.79 Å². The Morgan fingerprint density at radius 3 is 2.56 bits per heavy atom. The Hall–Kier alpha value is -1.61. The Morgan fingerprint density at radius 2 is 1.94 bits per heavy atom. The van der Waals surface area contributed by atoms with Gasteiger partial charge in [0.25, 0.3) is 0 Å². The van der Waals surface area contributed by atoms with Crippen LogP contribution >= 0.6 is 0 Å². The van der Waals surface area contributed by atoms with E-state index in [9.17, 15) is 4.79 Å². The predicted octanol–water partition coefficient (Wildman–Crippen LogP) is 2.16. The highest BCUT2D eigenvalue weighted by Crippen LogP contribution is 2.11. The lowest BCUT2D eigenvalue weighted by Crippen LogP contribution is -2.25. The van der Waals surface area contributed by atoms with E-state index in [0.717, 1.165) is 30.6 Å². The Balaban J connectivity index is 2.39. The van der Waals surface area contributed by atoms with Gasteiger partial charge in [-0.25, -0.2) is 0 Å². The summed E-state index contributed by atoms with van der Waals surface area (Å²) in [5, 5.41) is 2.90. The summed E-state index contributed by atoms with van der Waals surface area (Å²) < 4.78 is 0. The first-order valence-electron chi connectivity index (χ1n) is 6.26. The number of nitrogens with zero attached hydrogens (tertiary/aromatic N) is 1. The zero-order valence-electron chi connectivity index (χ0n) is 11.4. The minimum atomic E-state index is -0.0184. The molecular formula is C15H22N2O. The molecule has 1 aromatic carbocycles. The molecule has 0 aliphatic heterocycles. The summed E-state index contributed by atoms with van der Waals surface area (Å²) in [4.78, 5) is 13.8. The summed E-state index contributed by atoms with van der Waals surface area (Å²) in [6.07, 6.45) is 2.63. The molecule has 0 aromatic heterocycles. The van der Waals surface area contributed by atoms with Crippen molar-refractivity contribution in [2.75, 3.05) is 27.2 Å². The zero-order valence-corrected chi connectivity index (χ0v) is 11.4. The molecule has 0 radical (unpaired) electrons. The molecule has 1 N–H and O–H groups in total. The van der Waals surface area contributed by atoms with Crippen molar-refractivity contribution in [2.24, 2.45) is 0 Å². The predicted molar refractivity (Wildman–Crippen MR) is 76.3 cm³/mol. The van der Waals surface area contributed by atoms with Crippen molar-refractivity contribution in [1.29, 1.82) is 0 Å². The molecule has 3 heteroatoms. The number of hydrogen-bond donors (Lipinski definition) is 1. The molecule has 0 fully saturated rings. The Bertz CT molecular complexity index is 396. The average molecular weight is 246 g/mol. The standard InChI is InChI=1S/C15H22N2O/c1-13(14-8-5-4-6-9-14)12-15(18)16-10-7-11-17(2)3/h4-6,8-9,12H,7,10-11H2,1-3H3,(H,16,18)/b13-12+. The molecule has 0 atom stereocenters. The number of hydrogen-bond acceptors (Lipinski definition) is 2. The van der Waals surface area contributed by atoms with Crippen LogP contribution in [0.5, 0.6) is 0 Å². The minimum Gasteiger partial charge on any atom is -0.352 e. The van der Waals surface area contributed by atoms with E-state index < -0.39 is 0 Å². The summed E-state index contributed by atoms with van der Waals surface area (Å²) >= 11 is 0. The molecular weight excluding hydrogens is 224 g/mol. The third kappa shape index (κ3) is 5.64. The van der Waals surface area contributed by atoms with Gasteiger partial charge in [-0.15, -0.1) is 0 Å². The first-order valence-corrected chi connectivity index (χ1v) is 6.26. The van der Waals surface area contributed by atoms with Gasteiger partial charge in [0, 0.05) is 12.6 Å². The van der Waals surface area contributed by atoms with E-state index >= 15 is 0 Å². The second-order valence-electron chi connectivity index (χ2n) is 4.64. The number of rotatable bonds is 6. The number of carbonyl (C=O) groups is 1. The maximum absolute atomic E-state index is 11.7. The maximum Gasteiger partial charge on any atom is 0.244 e. The molecule has 3 nitrogen and oxygen atoms in total. The van der Waals surface area contributed by atoms with Gasteiger partial charge in [0.05, 0.1) is 0 Å². The highest BCUT2D eigenvalue weighted by molar-refractivity contribution is 5.94. The summed E-state index contributed by atoms with van der Waals surface area (Å²) in [5.41, 5.74) is 2.07. The number of allylic oxidation sites excluding steroid dienone is 1. The normalized spacial score (nSPS) is 11.7. The molecule has 0 spiro atoms. The number of benzene rings is 1. The van der Waals surface area contributed by atoms with Crippen molar-refractivity contribution in [2.45, 2.75) is 13.3 Å². The van der Waals surface area contributed by atoms with E-state index in [4.69, 9.17) is 0 Å². The lowest BCUT2D eigenvalue weighted by atomic mass is 10.1. The summed E-state index contributed by atoms with van der Waals surface area (Å²) in [7, 11) is 4.06. The van der Waals surface area contributed by atoms with Crippen LogP contribution in [0.1, 0.15) is 18.9 Å². The largest absolute Gasteiger partial charge is 0.352 e. The van der Waals surface area contributed by atoms with Crippen LogP contribution in [0.2, 0.25) is 0 Å². The SMILES string of the molecule is C/C(=C\C(=O)NCCCN(C)C)c1ccccc1. The van der Waals surface area contributed by atoms with Crippen molar-refractivity contribution in [1.82, 2.24) is 10.2 Å². The molecule has 0 heterocycles. The van der Waals surface area contributed by atoms with Crippen LogP contribution in [0.15, 0.2) is 36.4 Å². The number of nitrogens with one attached hydrogen (secondary N) is 1. The number of carbonyl (C=O) groups excluding carboxylic acids is 1. The van der Waals surface area contributed by atoms with Crippen LogP contribution in [-0.4, -0.2) is 38.0 Å². The smallest absolute Gasteiger partial charge is 0.244 e. The van der Waals surface area contributed by atoms with Gasteiger partial charge in [-0.2, -0.15) is 0 Å². The van der Waals surface area contributed by atoms with Crippen molar-refractivity contribution in [3.63, 3.8) is 0 Å². The van der Waals surface area contributed by atoms with Crippen LogP contribution in [0, 0.1) is 0 Å². The third-order valence-electron chi connectivity index (χ3n) is 2.66. The highest BCUT2D eigenvalue weighted by atomic mass is 16.1. The molecule has 0 aliphatic rings. The molecule has 0 aliphatic carbocycles. The van der Waals surface area contributed by atoms with E-state index in [-0.39, 0.29) is 5.91 Å². The van der Waals surface area contributed by atoms with Crippen molar-refractivity contribution >= 4 is 11.5 Å². The Labute approximate surface area is 109 Å². The van der Waals surface area contributed by atoms with Gasteiger partial charge in [0.15, 0.2) is 0 Å². The number of amides is 1. The maximum atomic E-state index is 11.7. The van der Waals surface area contributed by atoms with E-state index in [1.54, 1.807) is 6.08 Å². The third-order valence-corrected chi connectivity index (χ3v) is 2.66. The Kier molecular flexibility index (Phi) is 6.15. The van der Waals surface area contributed by atoms with Crippen molar-refractivity contribution < 1.29 is 4.79 Å². The van der Waals surface area contributed by atoms with E-state index in [0.29, 0.717) is 0 Å². The van der Waals surface area contributed by atoms with Crippen molar-refractivity contribution in [3.05, 3.63) is 42.0 Å². The lowest BCUT2D eigenvalue weighted by Gasteiger charge is -2.09. The molecule has 0 saturated carbocycles. The summed E-state index contributed by atoms with van der Waals surface area (Å²) in [6, 6.07) is 9.93. The lowest BCUT2D eigenvalue weighted by molar-refractivity contribution is -0.116. The fourth-order valence-corrected chi connectivity index (χ4v) is 1.64. The summed E-state index contributed by atoms with van der Waals surface area (Å²) in [5.74, 6) is -0.0184. The average Bonchev–Trinajstić information content (AvgIpc) is 2.35. The molecule has 0 bridgehead atoms. The molecule has 98 valence electrons. The molecule has 18 heavy (non-hydrogen) atoms. The van der Waals surface area contributed by atoms with Gasteiger partial charge in [0.1, 0.15) is 0 Å². The molecule has 0 unspecified atom stereocenters. The van der Waals surface area contributed by atoms with Gasteiger partial charge < -0.3 is 10.2 Å². The van der Waals surface area contributed by atoms with Crippen LogP contribution in [0.25, 0.3) is 5.57 Å². The monoisotopic (exact) mass is 246 g/mol. The van der Waals surface area contributed by atoms with E-state index in [1.807, 2.05) is 51.4 Å². The van der Waals surface area contributed by atoms with Gasteiger partial charge in [-0.3, -0.25) is 4.79 Å². The van der Waals surface area contributed by atoms with E-state index in [2.05, 4.69) is 10.2 Å². The quantitative estimate of drug-likeness (QED) is 0.616. The van der Waals surface area contributed by atoms with Gasteiger partial charge in [0.2, 0.25) is 5.91 Å². The summed E-state index contributed by atoms with van der Waals surface area (Å²) in [6.45, 7) is 3.66. The first-order chi connectivity index (χ1) is 8.59. The fourth-order valence-electron chi connectivity index (χ4n) is 1.64. The van der Waals surface area contributed by atoms with Crippen LogP contribution in [0.3, 0.4) is 0 Å². The van der Waals surface area contributed by atoms with E-state index in [1.165, 1.54) is 0 Å².